The molecule has 0 saturated heterocycles. The molecule has 7 heteroatoms. The van der Waals surface area contributed by atoms with E-state index in [0.29, 0.717) is 25.6 Å². The molecule has 0 saturated carbocycles. The van der Waals surface area contributed by atoms with Crippen LogP contribution < -0.4 is 14.8 Å². The van der Waals surface area contributed by atoms with Crippen molar-refractivity contribution in [2.24, 2.45) is 0 Å². The second kappa shape index (κ2) is 11.1. The maximum absolute atomic E-state index is 11.7. The summed E-state index contributed by atoms with van der Waals surface area (Å²) in [5, 5.41) is 2.62. The summed E-state index contributed by atoms with van der Waals surface area (Å²) in [4.78, 5) is 14.0. The Hall–Kier alpha value is -2.44. The van der Waals surface area contributed by atoms with Crippen molar-refractivity contribution in [3.63, 3.8) is 0 Å². The number of hydrogen-bond acceptors (Lipinski definition) is 5. The fraction of sp³-hybridized carbons (Fsp3) is 0.435. The van der Waals surface area contributed by atoms with Gasteiger partial charge in [-0.25, -0.2) is 4.79 Å². The van der Waals surface area contributed by atoms with E-state index in [1.54, 1.807) is 14.2 Å². The first kappa shape index (κ1) is 22.2. The molecule has 3 rings (SSSR count). The summed E-state index contributed by atoms with van der Waals surface area (Å²) in [6.45, 7) is 3.11. The number of nitrogens with one attached hydrogen (secondary N) is 1. The van der Waals surface area contributed by atoms with E-state index in [4.69, 9.17) is 25.8 Å². The van der Waals surface area contributed by atoms with Gasteiger partial charge in [-0.2, -0.15) is 0 Å². The number of fused-ring (bicyclic) bond motifs is 1. The molecule has 0 aromatic heterocycles. The van der Waals surface area contributed by atoms with Crippen LogP contribution in [0.2, 0.25) is 0 Å². The van der Waals surface area contributed by atoms with Crippen molar-refractivity contribution in [3.05, 3.63) is 59.2 Å². The van der Waals surface area contributed by atoms with Crippen LogP contribution in [0.4, 0.5) is 4.79 Å². The highest BCUT2D eigenvalue weighted by atomic mass is 35.5. The number of alkyl carbamates (subject to hydrolysis) is 1. The predicted octanol–water partition coefficient (Wildman–Crippen LogP) is 3.66. The van der Waals surface area contributed by atoms with E-state index in [1.807, 2.05) is 6.07 Å². The number of halogens is 1. The van der Waals surface area contributed by atoms with Crippen LogP contribution in [0.25, 0.3) is 0 Å². The Morgan fingerprint density at radius 2 is 1.90 bits per heavy atom. The van der Waals surface area contributed by atoms with Gasteiger partial charge in [-0.1, -0.05) is 30.3 Å². The summed E-state index contributed by atoms with van der Waals surface area (Å²) in [7, 11) is 3.33. The zero-order valence-corrected chi connectivity index (χ0v) is 18.3. The van der Waals surface area contributed by atoms with Gasteiger partial charge in [-0.15, -0.1) is 11.6 Å². The molecule has 162 valence electrons. The van der Waals surface area contributed by atoms with E-state index in [2.05, 4.69) is 46.6 Å². The van der Waals surface area contributed by atoms with Crippen molar-refractivity contribution in [2.45, 2.75) is 12.3 Å². The van der Waals surface area contributed by atoms with Crippen molar-refractivity contribution in [2.75, 3.05) is 52.9 Å². The lowest BCUT2D eigenvalue weighted by Gasteiger charge is -2.25. The molecular weight excluding hydrogens is 404 g/mol. The largest absolute Gasteiger partial charge is 0.493 e. The van der Waals surface area contributed by atoms with Gasteiger partial charge in [0, 0.05) is 38.0 Å². The molecule has 0 spiro atoms. The maximum Gasteiger partial charge on any atom is 0.407 e. The fourth-order valence-corrected chi connectivity index (χ4v) is 3.94. The summed E-state index contributed by atoms with van der Waals surface area (Å²) in [5.74, 6) is 2.04. The zero-order valence-electron chi connectivity index (χ0n) is 17.5. The van der Waals surface area contributed by atoms with Crippen molar-refractivity contribution < 1.29 is 19.0 Å². The van der Waals surface area contributed by atoms with Gasteiger partial charge in [-0.05, 0) is 35.2 Å². The third-order valence-electron chi connectivity index (χ3n) is 5.37. The minimum atomic E-state index is -0.428. The molecular formula is C23H29ClN2O4. The molecule has 2 aromatic carbocycles. The number of carbonyl (C=O) groups excluding carboxylic acids is 1. The van der Waals surface area contributed by atoms with E-state index < -0.39 is 6.09 Å². The Morgan fingerprint density at radius 1 is 1.17 bits per heavy atom. The molecule has 1 aliphatic heterocycles. The number of ether oxygens (including phenoxy) is 3. The van der Waals surface area contributed by atoms with Crippen LogP contribution in [0.3, 0.4) is 0 Å². The average molecular weight is 433 g/mol. The minimum absolute atomic E-state index is 0.189. The monoisotopic (exact) mass is 432 g/mol. The Kier molecular flexibility index (Phi) is 8.22. The summed E-state index contributed by atoms with van der Waals surface area (Å²) >= 11 is 5.58. The highest BCUT2D eigenvalue weighted by Crippen LogP contribution is 2.38. The number of benzene rings is 2. The number of methoxy groups -OCH3 is 2. The van der Waals surface area contributed by atoms with Crippen LogP contribution in [0.15, 0.2) is 42.5 Å². The van der Waals surface area contributed by atoms with Gasteiger partial charge in [0.25, 0.3) is 0 Å². The molecule has 1 atom stereocenters. The molecule has 6 nitrogen and oxygen atoms in total. The fourth-order valence-electron chi connectivity index (χ4n) is 3.85. The number of nitrogens with zero attached hydrogens (tertiary/aromatic N) is 1. The Bertz CT molecular complexity index is 831. The smallest absolute Gasteiger partial charge is 0.407 e. The molecule has 1 aliphatic rings. The second-order valence-corrected chi connectivity index (χ2v) is 7.55. The summed E-state index contributed by atoms with van der Waals surface area (Å²) in [6.07, 6.45) is 0.458. The lowest BCUT2D eigenvalue weighted by molar-refractivity contribution is 0.127. The van der Waals surface area contributed by atoms with E-state index >= 15 is 0 Å². The van der Waals surface area contributed by atoms with Crippen LogP contribution in [-0.4, -0.2) is 63.9 Å². The zero-order chi connectivity index (χ0) is 21.3. The summed E-state index contributed by atoms with van der Waals surface area (Å²) < 4.78 is 16.4. The topological polar surface area (TPSA) is 60.0 Å². The molecule has 1 heterocycles. The first-order valence-electron chi connectivity index (χ1n) is 10.1. The molecule has 0 radical (unpaired) electrons. The summed E-state index contributed by atoms with van der Waals surface area (Å²) in [6, 6.07) is 14.7. The predicted molar refractivity (Wildman–Crippen MR) is 118 cm³/mol. The average Bonchev–Trinajstić information content (AvgIpc) is 2.96. The van der Waals surface area contributed by atoms with Gasteiger partial charge in [0.1, 0.15) is 6.61 Å². The van der Waals surface area contributed by atoms with Gasteiger partial charge < -0.3 is 19.5 Å². The molecule has 0 bridgehead atoms. The van der Waals surface area contributed by atoms with E-state index in [-0.39, 0.29) is 5.92 Å². The molecule has 1 amide bonds. The second-order valence-electron chi connectivity index (χ2n) is 7.17. The van der Waals surface area contributed by atoms with Gasteiger partial charge >= 0.3 is 6.09 Å². The number of hydrogen-bond donors (Lipinski definition) is 1. The van der Waals surface area contributed by atoms with Gasteiger partial charge in [0.2, 0.25) is 0 Å². The Labute approximate surface area is 183 Å². The lowest BCUT2D eigenvalue weighted by Crippen LogP contribution is -2.34. The Morgan fingerprint density at radius 3 is 2.60 bits per heavy atom. The minimum Gasteiger partial charge on any atom is -0.493 e. The van der Waals surface area contributed by atoms with Crippen LogP contribution in [0.1, 0.15) is 22.6 Å². The van der Waals surface area contributed by atoms with E-state index in [1.165, 1.54) is 16.7 Å². The van der Waals surface area contributed by atoms with Crippen LogP contribution in [0, 0.1) is 0 Å². The number of carbonyl (C=O) groups is 1. The highest BCUT2D eigenvalue weighted by molar-refractivity contribution is 6.18. The van der Waals surface area contributed by atoms with Gasteiger partial charge in [-0.3, -0.25) is 4.90 Å². The molecule has 30 heavy (non-hydrogen) atoms. The third-order valence-corrected chi connectivity index (χ3v) is 5.55. The molecule has 2 aromatic rings. The highest BCUT2D eigenvalue weighted by Gasteiger charge is 2.26. The van der Waals surface area contributed by atoms with Gasteiger partial charge in [0.15, 0.2) is 11.5 Å². The molecule has 1 N–H and O–H groups in total. The summed E-state index contributed by atoms with van der Waals surface area (Å²) in [5.41, 5.74) is 3.76. The van der Waals surface area contributed by atoms with Crippen LogP contribution in [-0.2, 0) is 11.2 Å². The standard InChI is InChI=1S/C23H29ClN2O4/c1-28-21-14-18-8-11-26(12-13-30-23(27)25-10-9-24)16-20(17-6-4-3-5-7-17)19(18)15-22(21)29-2/h3-7,14-15,20H,8-13,16H2,1-2H3,(H,25,27). The van der Waals surface area contributed by atoms with E-state index in [9.17, 15) is 4.79 Å². The van der Waals surface area contributed by atoms with Crippen LogP contribution in [0.5, 0.6) is 11.5 Å². The number of alkyl halides is 1. The van der Waals surface area contributed by atoms with Crippen molar-refractivity contribution in [3.8, 4) is 11.5 Å². The van der Waals surface area contributed by atoms with Gasteiger partial charge in [0.05, 0.1) is 14.2 Å². The first-order chi connectivity index (χ1) is 14.7. The number of rotatable bonds is 8. The quantitative estimate of drug-likeness (QED) is 0.645. The van der Waals surface area contributed by atoms with Crippen molar-refractivity contribution in [1.82, 2.24) is 10.2 Å². The lowest BCUT2D eigenvalue weighted by atomic mass is 9.87. The molecule has 0 aliphatic carbocycles. The van der Waals surface area contributed by atoms with Crippen LogP contribution >= 0.6 is 11.6 Å². The normalized spacial score (nSPS) is 16.3. The van der Waals surface area contributed by atoms with Crippen molar-refractivity contribution >= 4 is 17.7 Å². The SMILES string of the molecule is COc1cc2c(cc1OC)C(c1ccccc1)CN(CCOC(=O)NCCCl)CC2. The molecule has 0 fully saturated rings. The molecule has 1 unspecified atom stereocenters. The van der Waals surface area contributed by atoms with Crippen molar-refractivity contribution in [1.29, 1.82) is 0 Å². The van der Waals surface area contributed by atoms with E-state index in [0.717, 1.165) is 31.0 Å². The Balaban J connectivity index is 1.80. The first-order valence-corrected chi connectivity index (χ1v) is 10.7. The number of amides is 1. The third kappa shape index (κ3) is 5.58. The maximum atomic E-state index is 11.7.